The summed E-state index contributed by atoms with van der Waals surface area (Å²) < 4.78 is 6.44. The van der Waals surface area contributed by atoms with Crippen molar-refractivity contribution in [3.8, 4) is 11.1 Å². The summed E-state index contributed by atoms with van der Waals surface area (Å²) in [5.41, 5.74) is 5.17. The van der Waals surface area contributed by atoms with Crippen LogP contribution < -0.4 is 0 Å². The molecule has 2 heteroatoms. The van der Waals surface area contributed by atoms with E-state index >= 15 is 0 Å². The largest absolute Gasteiger partial charge is 0.365 e. The highest BCUT2D eigenvalue weighted by molar-refractivity contribution is 5.80. The Bertz CT molecular complexity index is 631. The first-order valence-corrected chi connectivity index (χ1v) is 7.71. The van der Waals surface area contributed by atoms with Gasteiger partial charge in [-0.1, -0.05) is 48.5 Å². The molecule has 0 radical (unpaired) electrons. The van der Waals surface area contributed by atoms with Crippen LogP contribution in [0.4, 0.5) is 0 Å². The van der Waals surface area contributed by atoms with Gasteiger partial charge < -0.3 is 9.64 Å². The fraction of sp³-hybridized carbons (Fsp3) is 0.368. The first-order valence-electron chi connectivity index (χ1n) is 7.71. The quantitative estimate of drug-likeness (QED) is 0.834. The maximum absolute atomic E-state index is 6.44. The van der Waals surface area contributed by atoms with E-state index in [2.05, 4.69) is 67.5 Å². The fourth-order valence-corrected chi connectivity index (χ4v) is 4.17. The summed E-state index contributed by atoms with van der Waals surface area (Å²) in [5.74, 6) is 0.511. The van der Waals surface area contributed by atoms with E-state index < -0.39 is 0 Å². The number of hydrogen-bond donors (Lipinski definition) is 0. The molecule has 1 saturated heterocycles. The van der Waals surface area contributed by atoms with Crippen LogP contribution >= 0.6 is 0 Å². The number of hydrogen-bond acceptors (Lipinski definition) is 2. The molecule has 1 aliphatic heterocycles. The normalized spacial score (nSPS) is 21.8. The third-order valence-electron chi connectivity index (χ3n) is 4.90. The fourth-order valence-electron chi connectivity index (χ4n) is 4.17. The van der Waals surface area contributed by atoms with Crippen molar-refractivity contribution in [2.75, 3.05) is 27.2 Å². The standard InChI is InChI=1S/C19H21NO/c1-20(2)13-14-11-12-21-19(14)17-9-5-3-7-15(17)16-8-4-6-10-18(16)19/h3-10,14H,11-13H2,1-2H3. The van der Waals surface area contributed by atoms with Crippen LogP contribution in [0.5, 0.6) is 0 Å². The third-order valence-corrected chi connectivity index (χ3v) is 4.90. The van der Waals surface area contributed by atoms with Crippen molar-refractivity contribution >= 4 is 0 Å². The second-order valence-electron chi connectivity index (χ2n) is 6.42. The zero-order valence-electron chi connectivity index (χ0n) is 12.7. The summed E-state index contributed by atoms with van der Waals surface area (Å²) in [7, 11) is 4.30. The summed E-state index contributed by atoms with van der Waals surface area (Å²) in [5, 5.41) is 0. The molecule has 2 nitrogen and oxygen atoms in total. The van der Waals surface area contributed by atoms with E-state index in [1.807, 2.05) is 0 Å². The summed E-state index contributed by atoms with van der Waals surface area (Å²) in [6, 6.07) is 17.5. The summed E-state index contributed by atoms with van der Waals surface area (Å²) in [6.45, 7) is 1.91. The van der Waals surface area contributed by atoms with E-state index in [1.54, 1.807) is 0 Å². The summed E-state index contributed by atoms with van der Waals surface area (Å²) in [4.78, 5) is 2.28. The molecule has 2 aromatic carbocycles. The Morgan fingerprint density at radius 1 is 1.00 bits per heavy atom. The lowest BCUT2D eigenvalue weighted by molar-refractivity contribution is 0.00817. The molecular formula is C19H21NO. The first-order chi connectivity index (χ1) is 10.2. The lowest BCUT2D eigenvalue weighted by atomic mass is 9.79. The predicted octanol–water partition coefficient (Wildman–Crippen LogP) is 3.51. The zero-order valence-corrected chi connectivity index (χ0v) is 12.7. The molecule has 1 fully saturated rings. The monoisotopic (exact) mass is 279 g/mol. The van der Waals surface area contributed by atoms with Gasteiger partial charge in [0.05, 0.1) is 0 Å². The summed E-state index contributed by atoms with van der Waals surface area (Å²) >= 11 is 0. The Labute approximate surface area is 126 Å². The number of benzene rings is 2. The van der Waals surface area contributed by atoms with Crippen LogP contribution in [0.25, 0.3) is 11.1 Å². The van der Waals surface area contributed by atoms with Gasteiger partial charge in [-0.25, -0.2) is 0 Å². The van der Waals surface area contributed by atoms with Gasteiger partial charge >= 0.3 is 0 Å². The number of ether oxygens (including phenoxy) is 1. The van der Waals surface area contributed by atoms with E-state index in [0.29, 0.717) is 5.92 Å². The Kier molecular flexibility index (Phi) is 2.91. The molecule has 1 spiro atoms. The van der Waals surface area contributed by atoms with Gasteiger partial charge in [0.25, 0.3) is 0 Å². The van der Waals surface area contributed by atoms with Crippen molar-refractivity contribution in [3.63, 3.8) is 0 Å². The van der Waals surface area contributed by atoms with E-state index in [4.69, 9.17) is 4.74 Å². The van der Waals surface area contributed by atoms with Crippen molar-refractivity contribution in [2.24, 2.45) is 5.92 Å². The molecule has 0 saturated carbocycles. The Morgan fingerprint density at radius 2 is 1.57 bits per heavy atom. The SMILES string of the molecule is CN(C)CC1CCOC12c1ccccc1-c1ccccc12. The van der Waals surface area contributed by atoms with Crippen LogP contribution in [-0.4, -0.2) is 32.1 Å². The van der Waals surface area contributed by atoms with Crippen LogP contribution in [0.15, 0.2) is 48.5 Å². The highest BCUT2D eigenvalue weighted by Gasteiger charge is 2.52. The van der Waals surface area contributed by atoms with Crippen LogP contribution in [0.3, 0.4) is 0 Å². The third kappa shape index (κ3) is 1.73. The minimum atomic E-state index is -0.239. The first kappa shape index (κ1) is 13.1. The summed E-state index contributed by atoms with van der Waals surface area (Å²) in [6.07, 6.45) is 1.13. The van der Waals surface area contributed by atoms with Crippen molar-refractivity contribution < 1.29 is 4.74 Å². The molecule has 4 rings (SSSR count). The van der Waals surface area contributed by atoms with Gasteiger partial charge in [0.2, 0.25) is 0 Å². The van der Waals surface area contributed by atoms with E-state index in [9.17, 15) is 0 Å². The van der Waals surface area contributed by atoms with Gasteiger partial charge in [-0.15, -0.1) is 0 Å². The van der Waals surface area contributed by atoms with Gasteiger partial charge in [0.1, 0.15) is 5.60 Å². The number of rotatable bonds is 2. The molecule has 1 unspecified atom stereocenters. The number of fused-ring (bicyclic) bond motifs is 5. The molecule has 108 valence electrons. The van der Waals surface area contributed by atoms with Crippen molar-refractivity contribution in [3.05, 3.63) is 59.7 Å². The number of nitrogens with zero attached hydrogens (tertiary/aromatic N) is 1. The van der Waals surface area contributed by atoms with Gasteiger partial charge in [-0.3, -0.25) is 0 Å². The van der Waals surface area contributed by atoms with Crippen molar-refractivity contribution in [2.45, 2.75) is 12.0 Å². The molecule has 0 amide bonds. The average molecular weight is 279 g/mol. The molecule has 0 N–H and O–H groups in total. The van der Waals surface area contributed by atoms with E-state index in [1.165, 1.54) is 22.3 Å². The molecular weight excluding hydrogens is 258 g/mol. The molecule has 1 atom stereocenters. The van der Waals surface area contributed by atoms with E-state index in [-0.39, 0.29) is 5.60 Å². The molecule has 2 aromatic rings. The molecule has 0 bridgehead atoms. The molecule has 2 aliphatic rings. The second-order valence-corrected chi connectivity index (χ2v) is 6.42. The Hall–Kier alpha value is -1.64. The second kappa shape index (κ2) is 4.69. The maximum Gasteiger partial charge on any atom is 0.123 e. The van der Waals surface area contributed by atoms with Crippen LogP contribution in [-0.2, 0) is 10.3 Å². The Morgan fingerprint density at radius 3 is 2.14 bits per heavy atom. The van der Waals surface area contributed by atoms with Gasteiger partial charge in [0.15, 0.2) is 0 Å². The maximum atomic E-state index is 6.44. The van der Waals surface area contributed by atoms with Crippen LogP contribution in [0.1, 0.15) is 17.5 Å². The van der Waals surface area contributed by atoms with Gasteiger partial charge in [-0.2, -0.15) is 0 Å². The minimum absolute atomic E-state index is 0.239. The predicted molar refractivity (Wildman–Crippen MR) is 85.3 cm³/mol. The molecule has 21 heavy (non-hydrogen) atoms. The van der Waals surface area contributed by atoms with E-state index in [0.717, 1.165) is 19.6 Å². The highest BCUT2D eigenvalue weighted by Crippen LogP contribution is 2.56. The lowest BCUT2D eigenvalue weighted by Gasteiger charge is -2.34. The van der Waals surface area contributed by atoms with Crippen molar-refractivity contribution in [1.82, 2.24) is 4.90 Å². The van der Waals surface area contributed by atoms with Crippen molar-refractivity contribution in [1.29, 1.82) is 0 Å². The van der Waals surface area contributed by atoms with Gasteiger partial charge in [0, 0.05) is 19.1 Å². The van der Waals surface area contributed by atoms with Gasteiger partial charge in [-0.05, 0) is 42.8 Å². The Balaban J connectivity index is 1.95. The molecule has 0 aromatic heterocycles. The van der Waals surface area contributed by atoms with Crippen LogP contribution in [0, 0.1) is 5.92 Å². The lowest BCUT2D eigenvalue weighted by Crippen LogP contribution is -2.37. The molecule has 1 aliphatic carbocycles. The average Bonchev–Trinajstić information content (AvgIpc) is 3.02. The minimum Gasteiger partial charge on any atom is -0.365 e. The smallest absolute Gasteiger partial charge is 0.123 e. The molecule has 1 heterocycles. The zero-order chi connectivity index (χ0) is 14.4. The topological polar surface area (TPSA) is 12.5 Å². The van der Waals surface area contributed by atoms with Crippen LogP contribution in [0.2, 0.25) is 0 Å². The highest BCUT2D eigenvalue weighted by atomic mass is 16.5.